The normalized spacial score (nSPS) is 13.0. The molecule has 1 atom stereocenters. The van der Waals surface area contributed by atoms with Crippen LogP contribution >= 0.6 is 23.5 Å². The summed E-state index contributed by atoms with van der Waals surface area (Å²) in [5.41, 5.74) is 5.91. The second-order valence-electron chi connectivity index (χ2n) is 3.07. The highest BCUT2D eigenvalue weighted by atomic mass is 32.2. The van der Waals surface area contributed by atoms with Crippen molar-refractivity contribution in [1.29, 1.82) is 0 Å². The van der Waals surface area contributed by atoms with Crippen molar-refractivity contribution in [1.82, 2.24) is 10.1 Å². The van der Waals surface area contributed by atoms with Crippen LogP contribution in [-0.2, 0) is 5.75 Å². The van der Waals surface area contributed by atoms with Gasteiger partial charge in [0.05, 0.1) is 11.8 Å². The largest absolute Gasteiger partial charge is 0.338 e. The minimum absolute atomic E-state index is 0.120. The van der Waals surface area contributed by atoms with E-state index in [1.54, 1.807) is 23.5 Å². The summed E-state index contributed by atoms with van der Waals surface area (Å²) in [4.78, 5) is 4.27. The standard InChI is InChI=1S/C9H17N3OS2/c1-3-15-6-8-11-9(13-12-8)7(10)4-5-14-2/h7H,3-6,10H2,1-2H3/t7-/m1/s1. The molecule has 86 valence electrons. The lowest BCUT2D eigenvalue weighted by molar-refractivity contribution is 0.350. The van der Waals surface area contributed by atoms with E-state index in [-0.39, 0.29) is 6.04 Å². The first-order chi connectivity index (χ1) is 7.27. The van der Waals surface area contributed by atoms with Crippen LogP contribution in [-0.4, -0.2) is 27.9 Å². The fourth-order valence-electron chi connectivity index (χ4n) is 1.04. The minimum Gasteiger partial charge on any atom is -0.338 e. The Bertz CT molecular complexity index is 280. The van der Waals surface area contributed by atoms with E-state index in [4.69, 9.17) is 10.3 Å². The number of nitrogens with two attached hydrogens (primary N) is 1. The number of hydrogen-bond acceptors (Lipinski definition) is 6. The van der Waals surface area contributed by atoms with Crippen LogP contribution in [0.25, 0.3) is 0 Å². The topological polar surface area (TPSA) is 64.9 Å². The second-order valence-corrected chi connectivity index (χ2v) is 5.33. The minimum atomic E-state index is -0.120. The molecule has 0 amide bonds. The molecule has 15 heavy (non-hydrogen) atoms. The van der Waals surface area contributed by atoms with E-state index in [1.807, 2.05) is 0 Å². The zero-order valence-electron chi connectivity index (χ0n) is 9.10. The molecule has 0 radical (unpaired) electrons. The van der Waals surface area contributed by atoms with Gasteiger partial charge in [-0.2, -0.15) is 28.5 Å². The van der Waals surface area contributed by atoms with E-state index in [2.05, 4.69) is 23.3 Å². The highest BCUT2D eigenvalue weighted by Crippen LogP contribution is 2.15. The third-order valence-corrected chi connectivity index (χ3v) is 3.38. The molecule has 1 aromatic heterocycles. The fourth-order valence-corrected chi connectivity index (χ4v) is 2.03. The lowest BCUT2D eigenvalue weighted by Gasteiger charge is -2.03. The Morgan fingerprint density at radius 3 is 3.00 bits per heavy atom. The zero-order valence-corrected chi connectivity index (χ0v) is 10.7. The monoisotopic (exact) mass is 247 g/mol. The number of thioether (sulfide) groups is 2. The molecule has 0 fully saturated rings. The van der Waals surface area contributed by atoms with Crippen molar-refractivity contribution in [2.75, 3.05) is 17.8 Å². The summed E-state index contributed by atoms with van der Waals surface area (Å²) >= 11 is 3.55. The van der Waals surface area contributed by atoms with Gasteiger partial charge in [-0.1, -0.05) is 12.1 Å². The molecule has 0 bridgehead atoms. The van der Waals surface area contributed by atoms with Gasteiger partial charge < -0.3 is 10.3 Å². The van der Waals surface area contributed by atoms with Crippen molar-refractivity contribution in [2.45, 2.75) is 25.1 Å². The van der Waals surface area contributed by atoms with Crippen molar-refractivity contribution >= 4 is 23.5 Å². The molecule has 1 aromatic rings. The Morgan fingerprint density at radius 2 is 2.33 bits per heavy atom. The molecule has 0 saturated carbocycles. The smallest absolute Gasteiger partial charge is 0.243 e. The molecule has 0 aromatic carbocycles. The quantitative estimate of drug-likeness (QED) is 0.796. The van der Waals surface area contributed by atoms with Gasteiger partial charge in [0.15, 0.2) is 5.82 Å². The molecule has 0 unspecified atom stereocenters. The summed E-state index contributed by atoms with van der Waals surface area (Å²) in [6.45, 7) is 2.11. The van der Waals surface area contributed by atoms with Gasteiger partial charge in [0, 0.05) is 0 Å². The van der Waals surface area contributed by atoms with Gasteiger partial charge in [-0.3, -0.25) is 0 Å². The van der Waals surface area contributed by atoms with Crippen LogP contribution in [0.15, 0.2) is 4.52 Å². The van der Waals surface area contributed by atoms with E-state index in [0.717, 1.165) is 29.5 Å². The molecule has 0 aliphatic carbocycles. The van der Waals surface area contributed by atoms with Crippen molar-refractivity contribution < 1.29 is 4.52 Å². The SMILES string of the molecule is CCSCc1noc([C@H](N)CCSC)n1. The molecule has 1 heterocycles. The highest BCUT2D eigenvalue weighted by molar-refractivity contribution is 7.98. The van der Waals surface area contributed by atoms with Gasteiger partial charge in [-0.15, -0.1) is 0 Å². The third kappa shape index (κ3) is 4.44. The molecular weight excluding hydrogens is 230 g/mol. The first-order valence-electron chi connectivity index (χ1n) is 4.92. The summed E-state index contributed by atoms with van der Waals surface area (Å²) < 4.78 is 5.11. The predicted octanol–water partition coefficient (Wildman–Crippen LogP) is 2.08. The van der Waals surface area contributed by atoms with E-state index in [1.165, 1.54) is 0 Å². The van der Waals surface area contributed by atoms with Gasteiger partial charge in [0.1, 0.15) is 0 Å². The van der Waals surface area contributed by atoms with E-state index in [9.17, 15) is 0 Å². The Morgan fingerprint density at radius 1 is 1.53 bits per heavy atom. The average Bonchev–Trinajstić information content (AvgIpc) is 2.71. The first kappa shape index (κ1) is 12.9. The molecule has 6 heteroatoms. The van der Waals surface area contributed by atoms with Gasteiger partial charge >= 0.3 is 0 Å². The first-order valence-corrected chi connectivity index (χ1v) is 7.47. The summed E-state index contributed by atoms with van der Waals surface area (Å²) in [6, 6.07) is -0.120. The summed E-state index contributed by atoms with van der Waals surface area (Å²) in [5.74, 6) is 4.19. The summed E-state index contributed by atoms with van der Waals surface area (Å²) in [6.07, 6.45) is 2.94. The Hall–Kier alpha value is -0.200. The fraction of sp³-hybridized carbons (Fsp3) is 0.778. The van der Waals surface area contributed by atoms with Crippen LogP contribution in [0.5, 0.6) is 0 Å². The maximum absolute atomic E-state index is 5.91. The lowest BCUT2D eigenvalue weighted by Crippen LogP contribution is -2.11. The molecular formula is C9H17N3OS2. The predicted molar refractivity (Wildman–Crippen MR) is 66.1 cm³/mol. The van der Waals surface area contributed by atoms with Crippen molar-refractivity contribution in [2.24, 2.45) is 5.73 Å². The van der Waals surface area contributed by atoms with Crippen LogP contribution in [0.4, 0.5) is 0 Å². The van der Waals surface area contributed by atoms with Crippen LogP contribution in [0.1, 0.15) is 31.1 Å². The van der Waals surface area contributed by atoms with Crippen molar-refractivity contribution in [3.8, 4) is 0 Å². The van der Waals surface area contributed by atoms with Gasteiger partial charge in [0.2, 0.25) is 5.89 Å². The van der Waals surface area contributed by atoms with E-state index >= 15 is 0 Å². The molecule has 2 N–H and O–H groups in total. The van der Waals surface area contributed by atoms with Gasteiger partial charge in [-0.05, 0) is 24.2 Å². The highest BCUT2D eigenvalue weighted by Gasteiger charge is 2.13. The van der Waals surface area contributed by atoms with Crippen LogP contribution in [0.2, 0.25) is 0 Å². The molecule has 0 aliphatic heterocycles. The Labute approximate surface area is 98.8 Å². The maximum Gasteiger partial charge on any atom is 0.243 e. The van der Waals surface area contributed by atoms with E-state index < -0.39 is 0 Å². The number of nitrogens with zero attached hydrogens (tertiary/aromatic N) is 2. The zero-order chi connectivity index (χ0) is 11.1. The van der Waals surface area contributed by atoms with Crippen LogP contribution in [0.3, 0.4) is 0 Å². The van der Waals surface area contributed by atoms with Crippen molar-refractivity contribution in [3.63, 3.8) is 0 Å². The Kier molecular flexibility index (Phi) is 6.12. The summed E-state index contributed by atoms with van der Waals surface area (Å²) in [7, 11) is 0. The molecule has 4 nitrogen and oxygen atoms in total. The average molecular weight is 247 g/mol. The number of rotatable bonds is 7. The van der Waals surface area contributed by atoms with Crippen LogP contribution < -0.4 is 5.73 Å². The molecule has 1 rings (SSSR count). The van der Waals surface area contributed by atoms with E-state index in [0.29, 0.717) is 5.89 Å². The second kappa shape index (κ2) is 7.14. The molecule has 0 saturated heterocycles. The van der Waals surface area contributed by atoms with Crippen LogP contribution in [0, 0.1) is 0 Å². The molecule has 0 aliphatic rings. The number of aromatic nitrogens is 2. The maximum atomic E-state index is 5.91. The summed E-state index contributed by atoms with van der Waals surface area (Å²) in [5, 5.41) is 3.89. The van der Waals surface area contributed by atoms with Crippen molar-refractivity contribution in [3.05, 3.63) is 11.7 Å². The Balaban J connectivity index is 2.43. The molecule has 0 spiro atoms. The lowest BCUT2D eigenvalue weighted by atomic mass is 10.2. The van der Waals surface area contributed by atoms with Gasteiger partial charge in [0.25, 0.3) is 0 Å². The third-order valence-electron chi connectivity index (χ3n) is 1.87. The van der Waals surface area contributed by atoms with Gasteiger partial charge in [-0.25, -0.2) is 0 Å². The number of hydrogen-bond donors (Lipinski definition) is 1.